The number of nitrogens with zero attached hydrogens (tertiary/aromatic N) is 1. The molecular formula is C17H24ClF3N2. The number of halogens is 4. The van der Waals surface area contributed by atoms with Gasteiger partial charge >= 0.3 is 6.18 Å². The van der Waals surface area contributed by atoms with Crippen molar-refractivity contribution in [2.45, 2.75) is 38.9 Å². The van der Waals surface area contributed by atoms with Crippen molar-refractivity contribution in [2.24, 2.45) is 5.41 Å². The van der Waals surface area contributed by atoms with Gasteiger partial charge in [-0.05, 0) is 74.5 Å². The van der Waals surface area contributed by atoms with E-state index in [4.69, 9.17) is 0 Å². The first-order chi connectivity index (χ1) is 10.4. The van der Waals surface area contributed by atoms with Gasteiger partial charge in [-0.25, -0.2) is 0 Å². The molecule has 0 atom stereocenters. The van der Waals surface area contributed by atoms with Crippen LogP contribution in [0.2, 0.25) is 0 Å². The topological polar surface area (TPSA) is 15.3 Å². The fourth-order valence-corrected chi connectivity index (χ4v) is 3.82. The molecule has 0 saturated carbocycles. The summed E-state index contributed by atoms with van der Waals surface area (Å²) in [6.07, 6.45) is -0.602. The molecule has 6 heteroatoms. The molecule has 0 amide bonds. The molecule has 0 aliphatic carbocycles. The molecule has 1 spiro atoms. The zero-order chi connectivity index (χ0) is 15.8. The van der Waals surface area contributed by atoms with Gasteiger partial charge in [0.2, 0.25) is 0 Å². The number of piperidine rings is 1. The van der Waals surface area contributed by atoms with Gasteiger partial charge < -0.3 is 5.32 Å². The van der Waals surface area contributed by atoms with E-state index >= 15 is 0 Å². The summed E-state index contributed by atoms with van der Waals surface area (Å²) < 4.78 is 38.2. The molecule has 1 aromatic carbocycles. The van der Waals surface area contributed by atoms with Crippen LogP contribution in [-0.4, -0.2) is 31.1 Å². The molecule has 2 nitrogen and oxygen atoms in total. The zero-order valence-electron chi connectivity index (χ0n) is 13.4. The number of nitrogens with one attached hydrogen (secondary N) is 1. The monoisotopic (exact) mass is 348 g/mol. The molecule has 2 heterocycles. The Balaban J connectivity index is 0.00000192. The largest absolute Gasteiger partial charge is 0.416 e. The van der Waals surface area contributed by atoms with E-state index in [2.05, 4.69) is 10.2 Å². The van der Waals surface area contributed by atoms with Crippen molar-refractivity contribution in [3.8, 4) is 0 Å². The van der Waals surface area contributed by atoms with Crippen molar-refractivity contribution in [3.05, 3.63) is 34.9 Å². The van der Waals surface area contributed by atoms with Gasteiger partial charge in [0, 0.05) is 13.1 Å². The van der Waals surface area contributed by atoms with Crippen molar-refractivity contribution >= 4 is 12.4 Å². The third-order valence-electron chi connectivity index (χ3n) is 5.25. The second-order valence-corrected chi connectivity index (χ2v) is 6.85. The Morgan fingerprint density at radius 3 is 2.48 bits per heavy atom. The van der Waals surface area contributed by atoms with Gasteiger partial charge in [-0.2, -0.15) is 13.2 Å². The first kappa shape index (κ1) is 18.6. The number of alkyl halides is 3. The lowest BCUT2D eigenvalue weighted by molar-refractivity contribution is -0.137. The van der Waals surface area contributed by atoms with E-state index in [0.717, 1.165) is 43.9 Å². The molecule has 2 fully saturated rings. The normalized spacial score (nSPS) is 21.4. The summed E-state index contributed by atoms with van der Waals surface area (Å²) in [7, 11) is 0. The van der Waals surface area contributed by atoms with E-state index in [-0.39, 0.29) is 12.4 Å². The number of aryl methyl sites for hydroxylation is 1. The van der Waals surface area contributed by atoms with Crippen molar-refractivity contribution < 1.29 is 13.2 Å². The van der Waals surface area contributed by atoms with Crippen LogP contribution < -0.4 is 5.32 Å². The SMILES string of the molecule is Cc1cc(C(F)(F)F)ccc1CN1CCC2(CCNCC2)C1.Cl. The molecule has 1 aromatic rings. The highest BCUT2D eigenvalue weighted by atomic mass is 35.5. The Labute approximate surface area is 141 Å². The van der Waals surface area contributed by atoms with Crippen LogP contribution in [0.3, 0.4) is 0 Å². The first-order valence-corrected chi connectivity index (χ1v) is 7.98. The van der Waals surface area contributed by atoms with Gasteiger partial charge in [0.25, 0.3) is 0 Å². The van der Waals surface area contributed by atoms with Crippen LogP contribution in [0.15, 0.2) is 18.2 Å². The van der Waals surface area contributed by atoms with Crippen LogP contribution >= 0.6 is 12.4 Å². The minimum atomic E-state index is -4.25. The summed E-state index contributed by atoms with van der Waals surface area (Å²) in [5.74, 6) is 0. The minimum absolute atomic E-state index is 0. The predicted molar refractivity (Wildman–Crippen MR) is 87.9 cm³/mol. The lowest BCUT2D eigenvalue weighted by Gasteiger charge is -2.34. The van der Waals surface area contributed by atoms with Crippen LogP contribution in [0, 0.1) is 12.3 Å². The molecule has 2 aliphatic rings. The predicted octanol–water partition coefficient (Wildman–Crippen LogP) is 4.01. The second-order valence-electron chi connectivity index (χ2n) is 6.85. The van der Waals surface area contributed by atoms with Crippen LogP contribution in [0.5, 0.6) is 0 Å². The first-order valence-electron chi connectivity index (χ1n) is 7.98. The zero-order valence-corrected chi connectivity index (χ0v) is 14.2. The van der Waals surface area contributed by atoms with Crippen molar-refractivity contribution in [3.63, 3.8) is 0 Å². The molecule has 2 aliphatic heterocycles. The third-order valence-corrected chi connectivity index (χ3v) is 5.25. The van der Waals surface area contributed by atoms with Gasteiger partial charge in [0.15, 0.2) is 0 Å². The van der Waals surface area contributed by atoms with E-state index in [0.29, 0.717) is 5.41 Å². The smallest absolute Gasteiger partial charge is 0.317 e. The molecule has 3 rings (SSSR count). The fraction of sp³-hybridized carbons (Fsp3) is 0.647. The summed E-state index contributed by atoms with van der Waals surface area (Å²) in [6, 6.07) is 4.12. The number of benzene rings is 1. The summed E-state index contributed by atoms with van der Waals surface area (Å²) >= 11 is 0. The Bertz CT molecular complexity index is 539. The van der Waals surface area contributed by atoms with E-state index in [1.165, 1.54) is 31.4 Å². The quantitative estimate of drug-likeness (QED) is 0.868. The maximum atomic E-state index is 12.7. The molecular weight excluding hydrogens is 325 g/mol. The van der Waals surface area contributed by atoms with E-state index in [1.807, 2.05) is 0 Å². The third kappa shape index (κ3) is 4.20. The molecule has 23 heavy (non-hydrogen) atoms. The van der Waals surface area contributed by atoms with Gasteiger partial charge in [-0.15, -0.1) is 12.4 Å². The molecule has 0 radical (unpaired) electrons. The Kier molecular flexibility index (Phi) is 5.64. The average molecular weight is 349 g/mol. The van der Waals surface area contributed by atoms with Crippen LogP contribution in [0.1, 0.15) is 36.0 Å². The number of rotatable bonds is 2. The van der Waals surface area contributed by atoms with Crippen molar-refractivity contribution in [2.75, 3.05) is 26.2 Å². The number of hydrogen-bond donors (Lipinski definition) is 1. The second kappa shape index (κ2) is 6.99. The standard InChI is InChI=1S/C17H23F3N2.ClH/c1-13-10-15(17(18,19)20)3-2-14(13)11-22-9-6-16(12-22)4-7-21-8-5-16;/h2-3,10,21H,4-9,11-12H2,1H3;1H. The highest BCUT2D eigenvalue weighted by Crippen LogP contribution is 2.39. The van der Waals surface area contributed by atoms with Gasteiger partial charge in [-0.1, -0.05) is 6.07 Å². The Hall–Kier alpha value is -0.780. The average Bonchev–Trinajstić information content (AvgIpc) is 2.83. The van der Waals surface area contributed by atoms with Gasteiger partial charge in [0.1, 0.15) is 0 Å². The number of likely N-dealkylation sites (tertiary alicyclic amines) is 1. The van der Waals surface area contributed by atoms with Crippen molar-refractivity contribution in [1.29, 1.82) is 0 Å². The minimum Gasteiger partial charge on any atom is -0.317 e. The van der Waals surface area contributed by atoms with E-state index in [9.17, 15) is 13.2 Å². The van der Waals surface area contributed by atoms with Crippen LogP contribution in [0.25, 0.3) is 0 Å². The molecule has 2 saturated heterocycles. The molecule has 1 N–H and O–H groups in total. The molecule has 0 bridgehead atoms. The lowest BCUT2D eigenvalue weighted by Crippen LogP contribution is -2.38. The summed E-state index contributed by atoms with van der Waals surface area (Å²) in [5, 5.41) is 3.40. The summed E-state index contributed by atoms with van der Waals surface area (Å²) in [6.45, 7) is 6.86. The van der Waals surface area contributed by atoms with Gasteiger partial charge in [0.05, 0.1) is 5.56 Å². The molecule has 0 unspecified atom stereocenters. The molecule has 0 aromatic heterocycles. The van der Waals surface area contributed by atoms with Crippen LogP contribution in [-0.2, 0) is 12.7 Å². The van der Waals surface area contributed by atoms with Gasteiger partial charge in [-0.3, -0.25) is 4.90 Å². The summed E-state index contributed by atoms with van der Waals surface area (Å²) in [4.78, 5) is 2.40. The summed E-state index contributed by atoms with van der Waals surface area (Å²) in [5.41, 5.74) is 1.63. The molecule has 130 valence electrons. The van der Waals surface area contributed by atoms with Crippen molar-refractivity contribution in [1.82, 2.24) is 10.2 Å². The maximum absolute atomic E-state index is 12.7. The Morgan fingerprint density at radius 2 is 1.87 bits per heavy atom. The highest BCUT2D eigenvalue weighted by molar-refractivity contribution is 5.85. The maximum Gasteiger partial charge on any atom is 0.416 e. The Morgan fingerprint density at radius 1 is 1.17 bits per heavy atom. The van der Waals surface area contributed by atoms with E-state index < -0.39 is 11.7 Å². The number of hydrogen-bond acceptors (Lipinski definition) is 2. The highest BCUT2D eigenvalue weighted by Gasteiger charge is 2.38. The van der Waals surface area contributed by atoms with Crippen LogP contribution in [0.4, 0.5) is 13.2 Å². The lowest BCUT2D eigenvalue weighted by atomic mass is 9.78. The van der Waals surface area contributed by atoms with E-state index in [1.54, 1.807) is 13.0 Å². The fourth-order valence-electron chi connectivity index (χ4n) is 3.82.